The highest BCUT2D eigenvalue weighted by atomic mass is 35.5. The smallest absolute Gasteiger partial charge is 0.290 e. The predicted molar refractivity (Wildman–Crippen MR) is 148 cm³/mol. The lowest BCUT2D eigenvalue weighted by atomic mass is 9.95. The lowest BCUT2D eigenvalue weighted by Gasteiger charge is -2.32. The molecule has 9 heteroatoms. The van der Waals surface area contributed by atoms with Gasteiger partial charge < -0.3 is 19.4 Å². The summed E-state index contributed by atoms with van der Waals surface area (Å²) in [6.07, 6.45) is 5.34. The molecule has 1 saturated heterocycles. The zero-order valence-corrected chi connectivity index (χ0v) is 23.0. The van der Waals surface area contributed by atoms with Gasteiger partial charge in [-0.3, -0.25) is 14.5 Å². The lowest BCUT2D eigenvalue weighted by Crippen LogP contribution is -2.46. The Labute approximate surface area is 232 Å². The molecular weight excluding hydrogens is 522 g/mol. The summed E-state index contributed by atoms with van der Waals surface area (Å²) in [5, 5.41) is 5.73. The Kier molecular flexibility index (Phi) is 9.17. The molecule has 7 nitrogen and oxygen atoms in total. The van der Waals surface area contributed by atoms with Crippen LogP contribution in [0.4, 0.5) is 0 Å². The largest absolute Gasteiger partial charge is 0.455 e. The van der Waals surface area contributed by atoms with Crippen molar-refractivity contribution in [3.05, 3.63) is 80.9 Å². The normalized spacial score (nSPS) is 17.7. The van der Waals surface area contributed by atoms with Gasteiger partial charge in [0, 0.05) is 35.6 Å². The Bertz CT molecular complexity index is 1200. The number of rotatable bonds is 9. The minimum Gasteiger partial charge on any atom is -0.455 e. The Morgan fingerprint density at radius 2 is 1.84 bits per heavy atom. The number of halogens is 1. The monoisotopic (exact) mass is 555 g/mol. The summed E-state index contributed by atoms with van der Waals surface area (Å²) in [7, 11) is 0. The minimum atomic E-state index is -0.798. The molecule has 0 bridgehead atoms. The summed E-state index contributed by atoms with van der Waals surface area (Å²) < 4.78 is 11.5. The van der Waals surface area contributed by atoms with Crippen molar-refractivity contribution in [2.45, 2.75) is 57.3 Å². The molecule has 3 aromatic rings. The predicted octanol–water partition coefficient (Wildman–Crippen LogP) is 5.66. The molecule has 2 fully saturated rings. The molecular formula is C29H34ClN3O4S. The highest BCUT2D eigenvalue weighted by Crippen LogP contribution is 2.31. The number of benzene rings is 1. The van der Waals surface area contributed by atoms with E-state index in [0.717, 1.165) is 49.2 Å². The summed E-state index contributed by atoms with van der Waals surface area (Å²) in [4.78, 5) is 32.6. The number of nitrogens with zero attached hydrogens (tertiary/aromatic N) is 2. The molecule has 0 spiro atoms. The van der Waals surface area contributed by atoms with E-state index in [1.165, 1.54) is 17.8 Å². The quantitative estimate of drug-likeness (QED) is 0.369. The average molecular weight is 556 g/mol. The topological polar surface area (TPSA) is 75.0 Å². The number of ether oxygens (including phenoxy) is 1. The first kappa shape index (κ1) is 26.9. The zero-order chi connectivity index (χ0) is 26.3. The van der Waals surface area contributed by atoms with Crippen molar-refractivity contribution in [1.82, 2.24) is 15.1 Å². The van der Waals surface area contributed by atoms with Crippen LogP contribution in [0.3, 0.4) is 0 Å². The van der Waals surface area contributed by atoms with E-state index in [9.17, 15) is 9.59 Å². The van der Waals surface area contributed by atoms with Crippen LogP contribution in [0.5, 0.6) is 0 Å². The van der Waals surface area contributed by atoms with Crippen LogP contribution in [0, 0.1) is 0 Å². The molecule has 2 aromatic heterocycles. The highest BCUT2D eigenvalue weighted by molar-refractivity contribution is 7.10. The van der Waals surface area contributed by atoms with E-state index in [-0.39, 0.29) is 30.2 Å². The first-order valence-electron chi connectivity index (χ1n) is 13.4. The summed E-state index contributed by atoms with van der Waals surface area (Å²) in [6, 6.07) is 14.1. The van der Waals surface area contributed by atoms with Crippen LogP contribution in [0.15, 0.2) is 58.3 Å². The number of nitrogens with one attached hydrogen (secondary N) is 1. The number of carbonyl (C=O) groups excluding carboxylic acids is 2. The Balaban J connectivity index is 1.44. The summed E-state index contributed by atoms with van der Waals surface area (Å²) in [6.45, 7) is 3.82. The third-order valence-corrected chi connectivity index (χ3v) is 8.53. The number of thiophene rings is 1. The number of hydrogen-bond acceptors (Lipinski definition) is 6. The minimum absolute atomic E-state index is 0.125. The van der Waals surface area contributed by atoms with Crippen molar-refractivity contribution < 1.29 is 18.7 Å². The van der Waals surface area contributed by atoms with Crippen molar-refractivity contribution >= 4 is 34.8 Å². The van der Waals surface area contributed by atoms with Crippen LogP contribution in [0.2, 0.25) is 5.02 Å². The van der Waals surface area contributed by atoms with E-state index in [4.69, 9.17) is 20.8 Å². The molecule has 0 radical (unpaired) electrons. The third-order valence-electron chi connectivity index (χ3n) is 7.24. The van der Waals surface area contributed by atoms with E-state index in [2.05, 4.69) is 10.2 Å². The van der Waals surface area contributed by atoms with Gasteiger partial charge in [-0.1, -0.05) is 55.1 Å². The second-order valence-electron chi connectivity index (χ2n) is 9.94. The Hall–Kier alpha value is -2.65. The van der Waals surface area contributed by atoms with E-state index in [1.54, 1.807) is 17.0 Å². The fourth-order valence-electron chi connectivity index (χ4n) is 5.19. The molecule has 2 aliphatic rings. The second-order valence-corrected chi connectivity index (χ2v) is 11.3. The maximum Gasteiger partial charge on any atom is 0.290 e. The van der Waals surface area contributed by atoms with Crippen LogP contribution in [0.1, 0.15) is 64.9 Å². The van der Waals surface area contributed by atoms with Crippen LogP contribution < -0.4 is 5.32 Å². The summed E-state index contributed by atoms with van der Waals surface area (Å²) in [5.74, 6) is 0.426. The molecule has 1 saturated carbocycles. The fourth-order valence-corrected chi connectivity index (χ4v) is 6.22. The van der Waals surface area contributed by atoms with Gasteiger partial charge in [0.25, 0.3) is 5.91 Å². The average Bonchev–Trinajstić information content (AvgIpc) is 3.63. The van der Waals surface area contributed by atoms with Gasteiger partial charge in [0.05, 0.1) is 19.8 Å². The Morgan fingerprint density at radius 3 is 2.58 bits per heavy atom. The zero-order valence-electron chi connectivity index (χ0n) is 21.4. The van der Waals surface area contributed by atoms with Crippen molar-refractivity contribution in [3.63, 3.8) is 0 Å². The SMILES string of the molecule is O=C(NC1CCCCC1)C(c1cccs1)N(Cc1ccccc1Cl)C(=O)c1ccc(CN2CCOCC2)o1. The molecule has 202 valence electrons. The lowest BCUT2D eigenvalue weighted by molar-refractivity contribution is -0.127. The van der Waals surface area contributed by atoms with Gasteiger partial charge >= 0.3 is 0 Å². The van der Waals surface area contributed by atoms with Gasteiger partial charge in [-0.15, -0.1) is 11.3 Å². The number of furan rings is 1. The standard InChI is InChI=1S/C29H34ClN3O4S/c30-24-10-5-4-7-21(24)19-33(29(35)25-13-12-23(37-25)20-32-14-16-36-17-15-32)27(26-11-6-18-38-26)28(34)31-22-8-2-1-3-9-22/h4-7,10-13,18,22,27H,1-3,8-9,14-17,19-20H2,(H,31,34). The third kappa shape index (κ3) is 6.67. The van der Waals surface area contributed by atoms with E-state index < -0.39 is 6.04 Å². The maximum atomic E-state index is 14.1. The summed E-state index contributed by atoms with van der Waals surface area (Å²) >= 11 is 7.99. The molecule has 3 heterocycles. The van der Waals surface area contributed by atoms with Crippen molar-refractivity contribution in [2.75, 3.05) is 26.3 Å². The van der Waals surface area contributed by atoms with Gasteiger partial charge in [-0.2, -0.15) is 0 Å². The van der Waals surface area contributed by atoms with Gasteiger partial charge in [0.15, 0.2) is 5.76 Å². The van der Waals surface area contributed by atoms with Gasteiger partial charge in [0.1, 0.15) is 11.8 Å². The highest BCUT2D eigenvalue weighted by Gasteiger charge is 2.35. The van der Waals surface area contributed by atoms with Crippen molar-refractivity contribution in [2.24, 2.45) is 0 Å². The van der Waals surface area contributed by atoms with Crippen molar-refractivity contribution in [3.8, 4) is 0 Å². The van der Waals surface area contributed by atoms with Crippen molar-refractivity contribution in [1.29, 1.82) is 0 Å². The molecule has 1 unspecified atom stereocenters. The number of carbonyl (C=O) groups is 2. The van der Waals surface area contributed by atoms with E-state index in [1.807, 2.05) is 41.8 Å². The molecule has 5 rings (SSSR count). The molecule has 1 atom stereocenters. The summed E-state index contributed by atoms with van der Waals surface area (Å²) in [5.41, 5.74) is 0.773. The Morgan fingerprint density at radius 1 is 1.05 bits per heavy atom. The molecule has 1 N–H and O–H groups in total. The molecule has 38 heavy (non-hydrogen) atoms. The van der Waals surface area contributed by atoms with Gasteiger partial charge in [-0.25, -0.2) is 0 Å². The van der Waals surface area contributed by atoms with Crippen LogP contribution in [0.25, 0.3) is 0 Å². The number of hydrogen-bond donors (Lipinski definition) is 1. The molecule has 1 aliphatic heterocycles. The number of morpholine rings is 1. The van der Waals surface area contributed by atoms with Crippen LogP contribution >= 0.6 is 22.9 Å². The van der Waals surface area contributed by atoms with Gasteiger partial charge in [-0.05, 0) is 48.1 Å². The first-order valence-corrected chi connectivity index (χ1v) is 14.6. The van der Waals surface area contributed by atoms with E-state index in [0.29, 0.717) is 30.5 Å². The van der Waals surface area contributed by atoms with Crippen LogP contribution in [-0.4, -0.2) is 54.0 Å². The van der Waals surface area contributed by atoms with E-state index >= 15 is 0 Å². The van der Waals surface area contributed by atoms with Crippen LogP contribution in [-0.2, 0) is 22.6 Å². The molecule has 2 amide bonds. The first-order chi connectivity index (χ1) is 18.6. The van der Waals surface area contributed by atoms with Gasteiger partial charge in [0.2, 0.25) is 5.91 Å². The second kappa shape index (κ2) is 12.9. The molecule has 1 aromatic carbocycles. The maximum absolute atomic E-state index is 14.1. The fraction of sp³-hybridized carbons (Fsp3) is 0.448. The number of amides is 2. The molecule has 1 aliphatic carbocycles.